The standard InChI is InChI=1S/C33H35N3O6/c1-22-29(32(37)41-4)31(26-16-11-17-27(20-26)36(39)40)30(23(2)34-22)33(38)42-28(25-14-9-6-10-15-25)18-19-35(3)21-24-12-7-5-8-13-24/h5-17,20,28-29,31H,18-19,21H2,1-4H3. The lowest BCUT2D eigenvalue weighted by Crippen LogP contribution is -2.36. The van der Waals surface area contributed by atoms with Gasteiger partial charge in [0.25, 0.3) is 5.69 Å². The number of hydrogen-bond acceptors (Lipinski definition) is 8. The fraction of sp³-hybridized carbons (Fsp3) is 0.303. The lowest BCUT2D eigenvalue weighted by Gasteiger charge is -2.32. The van der Waals surface area contributed by atoms with Gasteiger partial charge in [0.2, 0.25) is 0 Å². The van der Waals surface area contributed by atoms with Gasteiger partial charge in [0, 0.05) is 49.0 Å². The molecule has 1 aliphatic rings. The largest absolute Gasteiger partial charge is 0.468 e. The van der Waals surface area contributed by atoms with Crippen LogP contribution in [0.3, 0.4) is 0 Å². The number of nitrogens with zero attached hydrogens (tertiary/aromatic N) is 3. The van der Waals surface area contributed by atoms with Crippen LogP contribution in [0.15, 0.2) is 101 Å². The van der Waals surface area contributed by atoms with E-state index in [1.54, 1.807) is 19.9 Å². The molecule has 3 unspecified atom stereocenters. The van der Waals surface area contributed by atoms with E-state index in [9.17, 15) is 19.7 Å². The van der Waals surface area contributed by atoms with Crippen LogP contribution in [0.4, 0.5) is 5.69 Å². The number of methoxy groups -OCH3 is 1. The van der Waals surface area contributed by atoms with Crippen molar-refractivity contribution in [2.24, 2.45) is 10.9 Å². The fourth-order valence-electron chi connectivity index (χ4n) is 5.39. The smallest absolute Gasteiger partial charge is 0.337 e. The van der Waals surface area contributed by atoms with Crippen LogP contribution in [0, 0.1) is 16.0 Å². The van der Waals surface area contributed by atoms with E-state index in [-0.39, 0.29) is 11.3 Å². The Morgan fingerprint density at radius 2 is 1.67 bits per heavy atom. The van der Waals surface area contributed by atoms with Gasteiger partial charge in [-0.25, -0.2) is 4.79 Å². The van der Waals surface area contributed by atoms with Gasteiger partial charge in [-0.15, -0.1) is 0 Å². The minimum absolute atomic E-state index is 0.148. The average Bonchev–Trinajstić information content (AvgIpc) is 2.99. The maximum absolute atomic E-state index is 14.0. The Labute approximate surface area is 245 Å². The molecule has 42 heavy (non-hydrogen) atoms. The molecule has 9 heteroatoms. The molecule has 1 aliphatic heterocycles. The monoisotopic (exact) mass is 569 g/mol. The molecule has 4 rings (SSSR count). The van der Waals surface area contributed by atoms with Gasteiger partial charge in [0.05, 0.1) is 17.6 Å². The molecule has 0 aromatic heterocycles. The Hall–Kier alpha value is -4.63. The molecule has 218 valence electrons. The molecule has 0 fully saturated rings. The number of nitro groups is 1. The van der Waals surface area contributed by atoms with E-state index in [0.717, 1.165) is 12.1 Å². The molecule has 0 spiro atoms. The highest BCUT2D eigenvalue weighted by Crippen LogP contribution is 2.41. The Morgan fingerprint density at radius 3 is 2.31 bits per heavy atom. The van der Waals surface area contributed by atoms with Gasteiger partial charge in [-0.3, -0.25) is 19.9 Å². The topological polar surface area (TPSA) is 111 Å². The quantitative estimate of drug-likeness (QED) is 0.158. The first-order valence-corrected chi connectivity index (χ1v) is 13.8. The van der Waals surface area contributed by atoms with Gasteiger partial charge < -0.3 is 14.4 Å². The molecule has 0 radical (unpaired) electrons. The van der Waals surface area contributed by atoms with Gasteiger partial charge in [0.15, 0.2) is 0 Å². The summed E-state index contributed by atoms with van der Waals surface area (Å²) >= 11 is 0. The van der Waals surface area contributed by atoms with Gasteiger partial charge in [-0.1, -0.05) is 72.8 Å². The summed E-state index contributed by atoms with van der Waals surface area (Å²) in [5.74, 6) is -3.05. The molecular weight excluding hydrogens is 534 g/mol. The number of esters is 2. The normalized spacial score (nSPS) is 17.4. The molecule has 0 saturated carbocycles. The second-order valence-electron chi connectivity index (χ2n) is 10.4. The number of carbonyl (C=O) groups is 2. The molecule has 9 nitrogen and oxygen atoms in total. The number of allylic oxidation sites excluding steroid dienone is 1. The van der Waals surface area contributed by atoms with E-state index in [2.05, 4.69) is 22.0 Å². The van der Waals surface area contributed by atoms with E-state index < -0.39 is 34.8 Å². The highest BCUT2D eigenvalue weighted by molar-refractivity contribution is 6.07. The minimum Gasteiger partial charge on any atom is -0.468 e. The first kappa shape index (κ1) is 30.3. The van der Waals surface area contributed by atoms with Crippen molar-refractivity contribution in [2.45, 2.75) is 38.8 Å². The number of benzene rings is 3. The molecule has 3 atom stereocenters. The van der Waals surface area contributed by atoms with E-state index >= 15 is 0 Å². The average molecular weight is 570 g/mol. The van der Waals surface area contributed by atoms with Crippen LogP contribution in [0.1, 0.15) is 49.0 Å². The minimum atomic E-state index is -0.949. The van der Waals surface area contributed by atoms with Crippen molar-refractivity contribution in [1.29, 1.82) is 0 Å². The third-order valence-corrected chi connectivity index (χ3v) is 7.43. The first-order chi connectivity index (χ1) is 20.2. The number of nitro benzene ring substituents is 1. The third-order valence-electron chi connectivity index (χ3n) is 7.43. The van der Waals surface area contributed by atoms with Crippen molar-refractivity contribution in [1.82, 2.24) is 4.90 Å². The fourth-order valence-corrected chi connectivity index (χ4v) is 5.39. The Kier molecular flexibility index (Phi) is 9.98. The van der Waals surface area contributed by atoms with E-state index in [4.69, 9.17) is 9.47 Å². The summed E-state index contributed by atoms with van der Waals surface area (Å²) in [6.45, 7) is 4.76. The second kappa shape index (κ2) is 13.8. The number of carbonyl (C=O) groups excluding carboxylic acids is 2. The zero-order valence-electron chi connectivity index (χ0n) is 24.2. The maximum atomic E-state index is 14.0. The predicted molar refractivity (Wildman–Crippen MR) is 160 cm³/mol. The second-order valence-corrected chi connectivity index (χ2v) is 10.4. The maximum Gasteiger partial charge on any atom is 0.337 e. The summed E-state index contributed by atoms with van der Waals surface area (Å²) in [5.41, 5.74) is 3.32. The summed E-state index contributed by atoms with van der Waals surface area (Å²) in [6.07, 6.45) is -0.0538. The molecular formula is C33H35N3O6. The zero-order valence-corrected chi connectivity index (χ0v) is 24.2. The van der Waals surface area contributed by atoms with Gasteiger partial charge in [-0.2, -0.15) is 0 Å². The molecule has 0 aliphatic carbocycles. The number of aliphatic imine (C=N–C) groups is 1. The summed E-state index contributed by atoms with van der Waals surface area (Å²) in [7, 11) is 3.28. The van der Waals surface area contributed by atoms with E-state index in [0.29, 0.717) is 29.9 Å². The van der Waals surface area contributed by atoms with Crippen molar-refractivity contribution in [3.05, 3.63) is 123 Å². The molecule has 0 saturated heterocycles. The lowest BCUT2D eigenvalue weighted by atomic mass is 9.75. The van der Waals surface area contributed by atoms with Crippen LogP contribution < -0.4 is 0 Å². The van der Waals surface area contributed by atoms with Gasteiger partial charge in [-0.05, 0) is 37.6 Å². The Balaban J connectivity index is 1.66. The van der Waals surface area contributed by atoms with Crippen molar-refractivity contribution >= 4 is 23.3 Å². The van der Waals surface area contributed by atoms with Crippen molar-refractivity contribution < 1.29 is 24.0 Å². The van der Waals surface area contributed by atoms with Gasteiger partial charge >= 0.3 is 11.9 Å². The summed E-state index contributed by atoms with van der Waals surface area (Å²) < 4.78 is 11.3. The van der Waals surface area contributed by atoms with E-state index in [1.165, 1.54) is 30.9 Å². The SMILES string of the molecule is COC(=O)C1C(C)=NC(C)=C(C(=O)OC(CCN(C)Cc2ccccc2)c2ccccc2)C1c1cccc([N+](=O)[O-])c1. The molecule has 0 bridgehead atoms. The predicted octanol–water partition coefficient (Wildman–Crippen LogP) is 6.02. The highest BCUT2D eigenvalue weighted by Gasteiger charge is 2.43. The molecule has 0 N–H and O–H groups in total. The van der Waals surface area contributed by atoms with Crippen LogP contribution in [-0.4, -0.2) is 48.2 Å². The van der Waals surface area contributed by atoms with Crippen molar-refractivity contribution in [2.75, 3.05) is 20.7 Å². The third kappa shape index (κ3) is 7.16. The summed E-state index contributed by atoms with van der Waals surface area (Å²) in [5, 5.41) is 11.6. The van der Waals surface area contributed by atoms with Crippen LogP contribution in [0.2, 0.25) is 0 Å². The Bertz CT molecular complexity index is 1490. The zero-order chi connectivity index (χ0) is 30.2. The molecule has 1 heterocycles. The van der Waals surface area contributed by atoms with Crippen LogP contribution in [-0.2, 0) is 25.6 Å². The molecule has 0 amide bonds. The molecule has 3 aromatic carbocycles. The van der Waals surface area contributed by atoms with E-state index in [1.807, 2.05) is 55.6 Å². The summed E-state index contributed by atoms with van der Waals surface area (Å²) in [4.78, 5) is 44.8. The van der Waals surface area contributed by atoms with Crippen LogP contribution >= 0.6 is 0 Å². The number of hydrogen-bond donors (Lipinski definition) is 0. The van der Waals surface area contributed by atoms with Crippen LogP contribution in [0.5, 0.6) is 0 Å². The molecule has 3 aromatic rings. The first-order valence-electron chi connectivity index (χ1n) is 13.8. The number of non-ortho nitro benzene ring substituents is 1. The Morgan fingerprint density at radius 1 is 1.00 bits per heavy atom. The number of ether oxygens (including phenoxy) is 2. The number of rotatable bonds is 11. The highest BCUT2D eigenvalue weighted by atomic mass is 16.6. The lowest BCUT2D eigenvalue weighted by molar-refractivity contribution is -0.384. The van der Waals surface area contributed by atoms with Crippen LogP contribution in [0.25, 0.3) is 0 Å². The van der Waals surface area contributed by atoms with Crippen molar-refractivity contribution in [3.8, 4) is 0 Å². The summed E-state index contributed by atoms with van der Waals surface area (Å²) in [6, 6.07) is 25.6. The van der Waals surface area contributed by atoms with Crippen molar-refractivity contribution in [3.63, 3.8) is 0 Å². The van der Waals surface area contributed by atoms with Gasteiger partial charge in [0.1, 0.15) is 12.0 Å².